The molecule has 24 heavy (non-hydrogen) atoms. The van der Waals surface area contributed by atoms with E-state index in [9.17, 15) is 9.59 Å². The number of likely N-dealkylation sites (tertiary alicyclic amines) is 1. The average molecular weight is 335 g/mol. The zero-order valence-electron chi connectivity index (χ0n) is 14.5. The van der Waals surface area contributed by atoms with Gasteiger partial charge in [0.1, 0.15) is 11.5 Å². The number of hydrogen-bond donors (Lipinski definition) is 0. The van der Waals surface area contributed by atoms with Gasteiger partial charge in [-0.05, 0) is 38.0 Å². The number of benzene rings is 1. The summed E-state index contributed by atoms with van der Waals surface area (Å²) >= 11 is 0. The van der Waals surface area contributed by atoms with Crippen LogP contribution in [0, 0.1) is 5.92 Å². The van der Waals surface area contributed by atoms with E-state index in [-0.39, 0.29) is 24.2 Å². The van der Waals surface area contributed by atoms with Gasteiger partial charge in [-0.15, -0.1) is 0 Å². The highest BCUT2D eigenvalue weighted by molar-refractivity contribution is 5.81. The Bertz CT molecular complexity index is 587. The van der Waals surface area contributed by atoms with Crippen molar-refractivity contribution in [3.8, 4) is 11.5 Å². The van der Waals surface area contributed by atoms with Crippen LogP contribution in [0.1, 0.15) is 25.3 Å². The Kier molecular flexibility index (Phi) is 6.46. The fourth-order valence-electron chi connectivity index (χ4n) is 2.95. The van der Waals surface area contributed by atoms with Crippen molar-refractivity contribution in [1.82, 2.24) is 4.90 Å². The van der Waals surface area contributed by atoms with Gasteiger partial charge in [0.15, 0.2) is 0 Å². The van der Waals surface area contributed by atoms with Crippen LogP contribution in [0.4, 0.5) is 0 Å². The molecule has 2 rings (SSSR count). The topological polar surface area (TPSA) is 65.1 Å². The van der Waals surface area contributed by atoms with Gasteiger partial charge in [0.25, 0.3) is 0 Å². The molecule has 0 radical (unpaired) electrons. The van der Waals surface area contributed by atoms with Crippen LogP contribution in [0.5, 0.6) is 11.5 Å². The number of rotatable bonds is 6. The largest absolute Gasteiger partial charge is 0.497 e. The van der Waals surface area contributed by atoms with Crippen molar-refractivity contribution in [2.45, 2.75) is 26.2 Å². The Labute approximate surface area is 142 Å². The number of methoxy groups -OCH3 is 2. The molecule has 0 spiro atoms. The van der Waals surface area contributed by atoms with Crippen molar-refractivity contribution < 1.29 is 23.8 Å². The van der Waals surface area contributed by atoms with Gasteiger partial charge in [0.05, 0.1) is 33.2 Å². The lowest BCUT2D eigenvalue weighted by Crippen LogP contribution is -2.43. The van der Waals surface area contributed by atoms with E-state index < -0.39 is 0 Å². The number of carbonyl (C=O) groups excluding carboxylic acids is 2. The standard InChI is InChI=1S/C18H25NO5/c1-4-24-18(21)13-6-5-9-19(12-13)17(20)11-14-10-15(22-2)7-8-16(14)23-3/h7-8,10,13H,4-6,9,11-12H2,1-3H3. The Balaban J connectivity index is 2.05. The summed E-state index contributed by atoms with van der Waals surface area (Å²) < 4.78 is 15.6. The fourth-order valence-corrected chi connectivity index (χ4v) is 2.95. The molecule has 1 saturated heterocycles. The lowest BCUT2D eigenvalue weighted by atomic mass is 9.97. The van der Waals surface area contributed by atoms with Gasteiger partial charge >= 0.3 is 5.97 Å². The zero-order chi connectivity index (χ0) is 17.5. The lowest BCUT2D eigenvalue weighted by Gasteiger charge is -2.31. The normalized spacial score (nSPS) is 17.3. The molecule has 1 heterocycles. The minimum atomic E-state index is -0.227. The van der Waals surface area contributed by atoms with Crippen LogP contribution in [0.25, 0.3) is 0 Å². The summed E-state index contributed by atoms with van der Waals surface area (Å²) in [4.78, 5) is 26.3. The molecular formula is C18H25NO5. The number of ether oxygens (including phenoxy) is 3. The Morgan fingerprint density at radius 3 is 2.71 bits per heavy atom. The zero-order valence-corrected chi connectivity index (χ0v) is 14.5. The molecule has 1 aromatic carbocycles. The predicted octanol–water partition coefficient (Wildman–Crippen LogP) is 2.05. The van der Waals surface area contributed by atoms with E-state index >= 15 is 0 Å². The minimum Gasteiger partial charge on any atom is -0.497 e. The van der Waals surface area contributed by atoms with E-state index in [1.807, 2.05) is 6.07 Å². The highest BCUT2D eigenvalue weighted by atomic mass is 16.5. The van der Waals surface area contributed by atoms with Crippen molar-refractivity contribution in [3.63, 3.8) is 0 Å². The van der Waals surface area contributed by atoms with Crippen molar-refractivity contribution in [2.75, 3.05) is 33.9 Å². The summed E-state index contributed by atoms with van der Waals surface area (Å²) in [6.45, 7) is 3.24. The summed E-state index contributed by atoms with van der Waals surface area (Å²) in [7, 11) is 3.16. The smallest absolute Gasteiger partial charge is 0.310 e. The molecule has 6 heteroatoms. The number of hydrogen-bond acceptors (Lipinski definition) is 5. The first kappa shape index (κ1) is 18.1. The van der Waals surface area contributed by atoms with Gasteiger partial charge in [-0.25, -0.2) is 0 Å². The van der Waals surface area contributed by atoms with Crippen molar-refractivity contribution in [1.29, 1.82) is 0 Å². The third-order valence-corrected chi connectivity index (χ3v) is 4.22. The molecule has 1 amide bonds. The van der Waals surface area contributed by atoms with Crippen LogP contribution < -0.4 is 9.47 Å². The number of amides is 1. The number of nitrogens with zero attached hydrogens (tertiary/aromatic N) is 1. The summed E-state index contributed by atoms with van der Waals surface area (Å²) in [6.07, 6.45) is 1.80. The molecule has 0 bridgehead atoms. The quantitative estimate of drug-likeness (QED) is 0.745. The summed E-state index contributed by atoms with van der Waals surface area (Å²) in [6, 6.07) is 5.40. The molecule has 1 aliphatic rings. The molecule has 6 nitrogen and oxygen atoms in total. The van der Waals surface area contributed by atoms with Crippen LogP contribution in [-0.4, -0.2) is 50.7 Å². The molecular weight excluding hydrogens is 310 g/mol. The maximum atomic E-state index is 12.6. The summed E-state index contributed by atoms with van der Waals surface area (Å²) in [5, 5.41) is 0. The van der Waals surface area contributed by atoms with Crippen molar-refractivity contribution in [2.24, 2.45) is 5.92 Å². The lowest BCUT2D eigenvalue weighted by molar-refractivity contribution is -0.151. The average Bonchev–Trinajstić information content (AvgIpc) is 2.61. The summed E-state index contributed by atoms with van der Waals surface area (Å²) in [5.74, 6) is 0.879. The Morgan fingerprint density at radius 1 is 1.25 bits per heavy atom. The molecule has 0 aromatic heterocycles. The first-order chi connectivity index (χ1) is 11.6. The second-order valence-corrected chi connectivity index (χ2v) is 5.79. The van der Waals surface area contributed by atoms with Crippen molar-refractivity contribution in [3.05, 3.63) is 23.8 Å². The highest BCUT2D eigenvalue weighted by Gasteiger charge is 2.29. The van der Waals surface area contributed by atoms with Gasteiger partial charge in [-0.3, -0.25) is 9.59 Å². The van der Waals surface area contributed by atoms with E-state index in [4.69, 9.17) is 14.2 Å². The molecule has 1 atom stereocenters. The molecule has 0 N–H and O–H groups in total. The fraction of sp³-hybridized carbons (Fsp3) is 0.556. The van der Waals surface area contributed by atoms with E-state index in [1.165, 1.54) is 0 Å². The van der Waals surface area contributed by atoms with E-state index in [0.717, 1.165) is 18.4 Å². The Hall–Kier alpha value is -2.24. The predicted molar refractivity (Wildman–Crippen MR) is 89.2 cm³/mol. The van der Waals surface area contributed by atoms with Crippen molar-refractivity contribution >= 4 is 11.9 Å². The van der Waals surface area contributed by atoms with Gasteiger partial charge in [-0.1, -0.05) is 0 Å². The molecule has 132 valence electrons. The van der Waals surface area contributed by atoms with E-state index in [1.54, 1.807) is 38.2 Å². The maximum absolute atomic E-state index is 12.6. The monoisotopic (exact) mass is 335 g/mol. The van der Waals surface area contributed by atoms with Crippen LogP contribution >= 0.6 is 0 Å². The highest BCUT2D eigenvalue weighted by Crippen LogP contribution is 2.26. The van der Waals surface area contributed by atoms with E-state index in [0.29, 0.717) is 31.2 Å². The van der Waals surface area contributed by atoms with Crippen LogP contribution in [0.15, 0.2) is 18.2 Å². The van der Waals surface area contributed by atoms with Gasteiger partial charge in [0, 0.05) is 18.7 Å². The van der Waals surface area contributed by atoms with Crippen LogP contribution in [0.3, 0.4) is 0 Å². The molecule has 0 saturated carbocycles. The third kappa shape index (κ3) is 4.40. The second kappa shape index (κ2) is 8.57. The summed E-state index contributed by atoms with van der Waals surface area (Å²) in [5.41, 5.74) is 0.778. The maximum Gasteiger partial charge on any atom is 0.310 e. The van der Waals surface area contributed by atoms with E-state index in [2.05, 4.69) is 0 Å². The molecule has 0 aliphatic carbocycles. The minimum absolute atomic E-state index is 0.0180. The number of esters is 1. The van der Waals surface area contributed by atoms with Gasteiger partial charge in [-0.2, -0.15) is 0 Å². The van der Waals surface area contributed by atoms with Gasteiger partial charge < -0.3 is 19.1 Å². The SMILES string of the molecule is CCOC(=O)C1CCCN(C(=O)Cc2cc(OC)ccc2OC)C1. The first-order valence-electron chi connectivity index (χ1n) is 8.24. The Morgan fingerprint density at radius 2 is 2.04 bits per heavy atom. The molecule has 1 aliphatic heterocycles. The van der Waals surface area contributed by atoms with Crippen LogP contribution in [0.2, 0.25) is 0 Å². The van der Waals surface area contributed by atoms with Crippen LogP contribution in [-0.2, 0) is 20.7 Å². The molecule has 1 fully saturated rings. The third-order valence-electron chi connectivity index (χ3n) is 4.22. The number of carbonyl (C=O) groups is 2. The first-order valence-corrected chi connectivity index (χ1v) is 8.24. The second-order valence-electron chi connectivity index (χ2n) is 5.79. The molecule has 1 aromatic rings. The molecule has 1 unspecified atom stereocenters. The number of piperidine rings is 1. The van der Waals surface area contributed by atoms with Gasteiger partial charge in [0.2, 0.25) is 5.91 Å².